The first-order valence-electron chi connectivity index (χ1n) is 14.2. The lowest BCUT2D eigenvalue weighted by atomic mass is 10.1. The maximum absolute atomic E-state index is 13.5. The monoisotopic (exact) mass is 632 g/mol. The van der Waals surface area contributed by atoms with Crippen LogP contribution < -0.4 is 15.5 Å². The number of rotatable bonds is 14. The van der Waals surface area contributed by atoms with E-state index < -0.39 is 59.0 Å². The highest BCUT2D eigenvalue weighted by molar-refractivity contribution is 7.89. The van der Waals surface area contributed by atoms with E-state index >= 15 is 0 Å². The van der Waals surface area contributed by atoms with Gasteiger partial charge < -0.3 is 29.7 Å². The number of nitrogens with one attached hydrogen (secondary N) is 3. The molecule has 0 bridgehead atoms. The molecular weight excluding hydrogens is 596 g/mol. The summed E-state index contributed by atoms with van der Waals surface area (Å²) in [6.07, 6.45) is 0.882. The van der Waals surface area contributed by atoms with Crippen LogP contribution in [0.2, 0.25) is 0 Å². The van der Waals surface area contributed by atoms with E-state index in [1.165, 1.54) is 18.5 Å². The van der Waals surface area contributed by atoms with Crippen LogP contribution in [0.25, 0.3) is 10.8 Å². The summed E-state index contributed by atoms with van der Waals surface area (Å²) in [6.45, 7) is 2.46. The number of sulfonamides is 1. The molecule has 0 spiro atoms. The van der Waals surface area contributed by atoms with Gasteiger partial charge in [-0.05, 0) is 42.7 Å². The molecule has 2 atom stereocenters. The number of morpholine rings is 1. The number of carboxylic acids is 1. The minimum Gasteiger partial charge on any atom is -0.480 e. The van der Waals surface area contributed by atoms with E-state index in [4.69, 9.17) is 9.47 Å². The molecule has 1 heterocycles. The van der Waals surface area contributed by atoms with E-state index in [-0.39, 0.29) is 24.1 Å². The lowest BCUT2D eigenvalue weighted by Crippen LogP contribution is -2.53. The van der Waals surface area contributed by atoms with Crippen LogP contribution in [0.5, 0.6) is 0 Å². The second-order valence-corrected chi connectivity index (χ2v) is 12.1. The van der Waals surface area contributed by atoms with Crippen molar-refractivity contribution in [2.45, 2.75) is 49.3 Å². The first kappa shape index (κ1) is 32.6. The molecular formula is C28H36N6O9S. The molecule has 1 saturated carbocycles. The standard InChI is InChI=1S/C28H36N6O9S/c1-2-42-28(39)31-30-18-33-11-12-43-22(16-33)15-29-25(35)14-24(27(38)34(17-26(36)37)21-8-9-21)32-44(40,41)23-10-7-19-5-3-4-6-20(19)13-23/h3-7,10,13,18,21-22,24,32H,2,8-9,11-12,14-17H2,1H3,(H,29,35)(H,31,39)(H,36,37)/t22-,24?/m0/s1. The van der Waals surface area contributed by atoms with Gasteiger partial charge in [0.25, 0.3) is 0 Å². The van der Waals surface area contributed by atoms with Crippen LogP contribution in [-0.2, 0) is 33.9 Å². The molecule has 0 radical (unpaired) electrons. The average molecular weight is 633 g/mol. The fourth-order valence-electron chi connectivity index (χ4n) is 4.67. The minimum atomic E-state index is -4.28. The highest BCUT2D eigenvalue weighted by Gasteiger charge is 2.39. The number of hydrazone groups is 1. The van der Waals surface area contributed by atoms with E-state index in [0.717, 1.165) is 10.3 Å². The summed E-state index contributed by atoms with van der Waals surface area (Å²) in [7, 11) is -4.28. The van der Waals surface area contributed by atoms with Crippen LogP contribution in [0.15, 0.2) is 52.5 Å². The Morgan fingerprint density at radius 2 is 1.93 bits per heavy atom. The number of carboxylic acid groups (broad SMARTS) is 1. The van der Waals surface area contributed by atoms with Crippen molar-refractivity contribution in [2.75, 3.05) is 39.4 Å². The van der Waals surface area contributed by atoms with Crippen molar-refractivity contribution in [3.63, 3.8) is 0 Å². The van der Waals surface area contributed by atoms with Crippen LogP contribution in [0, 0.1) is 0 Å². The van der Waals surface area contributed by atoms with Gasteiger partial charge in [-0.2, -0.15) is 9.82 Å². The van der Waals surface area contributed by atoms with E-state index in [1.807, 2.05) is 12.1 Å². The van der Waals surface area contributed by atoms with Crippen molar-refractivity contribution in [3.8, 4) is 0 Å². The Labute approximate surface area is 254 Å². The maximum Gasteiger partial charge on any atom is 0.427 e. The normalized spacial score (nSPS) is 17.7. The average Bonchev–Trinajstić information content (AvgIpc) is 3.84. The molecule has 2 aromatic rings. The maximum atomic E-state index is 13.5. The topological polar surface area (TPSA) is 196 Å². The minimum absolute atomic E-state index is 0.0499. The van der Waals surface area contributed by atoms with Crippen molar-refractivity contribution in [1.82, 2.24) is 25.3 Å². The number of carbonyl (C=O) groups excluding carboxylic acids is 3. The number of aliphatic carboxylic acids is 1. The quantitative estimate of drug-likeness (QED) is 0.129. The number of amides is 3. The van der Waals surface area contributed by atoms with Crippen molar-refractivity contribution < 1.29 is 42.2 Å². The Bertz CT molecular complexity index is 1500. The van der Waals surface area contributed by atoms with Gasteiger partial charge in [0.15, 0.2) is 0 Å². The van der Waals surface area contributed by atoms with Crippen molar-refractivity contribution >= 4 is 51.0 Å². The smallest absolute Gasteiger partial charge is 0.427 e. The Hall–Kier alpha value is -4.28. The van der Waals surface area contributed by atoms with Crippen molar-refractivity contribution in [2.24, 2.45) is 5.10 Å². The third-order valence-corrected chi connectivity index (χ3v) is 8.41. The molecule has 2 fully saturated rings. The molecule has 44 heavy (non-hydrogen) atoms. The Kier molecular flexibility index (Phi) is 11.1. The summed E-state index contributed by atoms with van der Waals surface area (Å²) in [5.41, 5.74) is 2.23. The lowest BCUT2D eigenvalue weighted by Gasteiger charge is -2.31. The Morgan fingerprint density at radius 1 is 1.18 bits per heavy atom. The second-order valence-electron chi connectivity index (χ2n) is 10.3. The van der Waals surface area contributed by atoms with E-state index in [0.29, 0.717) is 37.9 Å². The molecule has 15 nitrogen and oxygen atoms in total. The van der Waals surface area contributed by atoms with E-state index in [9.17, 15) is 32.7 Å². The third kappa shape index (κ3) is 9.36. The zero-order valence-electron chi connectivity index (χ0n) is 24.2. The molecule has 1 unspecified atom stereocenters. The third-order valence-electron chi connectivity index (χ3n) is 6.94. The zero-order valence-corrected chi connectivity index (χ0v) is 25.0. The van der Waals surface area contributed by atoms with E-state index in [1.54, 1.807) is 30.0 Å². The highest BCUT2D eigenvalue weighted by Crippen LogP contribution is 2.28. The molecule has 4 rings (SSSR count). The van der Waals surface area contributed by atoms with Gasteiger partial charge in [0.2, 0.25) is 21.8 Å². The molecule has 2 aromatic carbocycles. The first-order valence-corrected chi connectivity index (χ1v) is 15.7. The lowest BCUT2D eigenvalue weighted by molar-refractivity contribution is -0.146. The molecule has 16 heteroatoms. The van der Waals surface area contributed by atoms with Crippen molar-refractivity contribution in [1.29, 1.82) is 0 Å². The number of nitrogens with zero attached hydrogens (tertiary/aromatic N) is 3. The van der Waals surface area contributed by atoms with E-state index in [2.05, 4.69) is 20.6 Å². The predicted octanol–water partition coefficient (Wildman–Crippen LogP) is 0.459. The van der Waals surface area contributed by atoms with Gasteiger partial charge in [0.05, 0.1) is 30.6 Å². The second kappa shape index (κ2) is 14.9. The van der Waals surface area contributed by atoms with Gasteiger partial charge in [-0.1, -0.05) is 30.3 Å². The van der Waals surface area contributed by atoms with Gasteiger partial charge >= 0.3 is 12.1 Å². The van der Waals surface area contributed by atoms with Gasteiger partial charge in [0, 0.05) is 25.7 Å². The molecule has 0 aromatic heterocycles. The van der Waals surface area contributed by atoms with Crippen LogP contribution >= 0.6 is 0 Å². The molecule has 238 valence electrons. The largest absolute Gasteiger partial charge is 0.480 e. The summed E-state index contributed by atoms with van der Waals surface area (Å²) in [4.78, 5) is 52.2. The zero-order chi connectivity index (χ0) is 31.7. The number of benzene rings is 2. The van der Waals surface area contributed by atoms with Gasteiger partial charge in [-0.3, -0.25) is 14.4 Å². The van der Waals surface area contributed by atoms with Crippen LogP contribution in [0.3, 0.4) is 0 Å². The van der Waals surface area contributed by atoms with Crippen LogP contribution in [0.1, 0.15) is 26.2 Å². The number of carbonyl (C=O) groups is 4. The number of fused-ring (bicyclic) bond motifs is 1. The van der Waals surface area contributed by atoms with Crippen molar-refractivity contribution in [3.05, 3.63) is 42.5 Å². The summed E-state index contributed by atoms with van der Waals surface area (Å²) in [5.74, 6) is -2.67. The molecule has 1 aliphatic carbocycles. The number of ether oxygens (including phenoxy) is 2. The Balaban J connectivity index is 1.42. The number of hydrogen-bond donors (Lipinski definition) is 4. The molecule has 2 aliphatic rings. The predicted molar refractivity (Wildman–Crippen MR) is 158 cm³/mol. The fourth-order valence-corrected chi connectivity index (χ4v) is 5.89. The van der Waals surface area contributed by atoms with Crippen LogP contribution in [-0.4, -0.2) is 111 Å². The number of hydrogen-bond acceptors (Lipinski definition) is 9. The van der Waals surface area contributed by atoms with Gasteiger partial charge in [-0.15, -0.1) is 0 Å². The molecule has 3 amide bonds. The molecule has 1 saturated heterocycles. The summed E-state index contributed by atoms with van der Waals surface area (Å²) in [5, 5.41) is 17.4. The van der Waals surface area contributed by atoms with Gasteiger partial charge in [-0.25, -0.2) is 18.6 Å². The summed E-state index contributed by atoms with van der Waals surface area (Å²) < 4.78 is 39.6. The molecule has 1 aliphatic heterocycles. The summed E-state index contributed by atoms with van der Waals surface area (Å²) >= 11 is 0. The first-order chi connectivity index (χ1) is 21.1. The van der Waals surface area contributed by atoms with Gasteiger partial charge in [0.1, 0.15) is 18.9 Å². The highest BCUT2D eigenvalue weighted by atomic mass is 32.2. The fraction of sp³-hybridized carbons (Fsp3) is 0.464. The SMILES string of the molecule is CCOC(=O)NN=CN1CCO[C@@H](CNC(=O)CC(NS(=O)(=O)c2ccc3ccccc3c2)C(=O)N(CC(=O)O)C2CC2)C1. The molecule has 4 N–H and O–H groups in total. The summed E-state index contributed by atoms with van der Waals surface area (Å²) in [6, 6.07) is 9.80. The Morgan fingerprint density at radius 3 is 2.64 bits per heavy atom. The van der Waals surface area contributed by atoms with Crippen LogP contribution in [0.4, 0.5) is 4.79 Å².